The lowest BCUT2D eigenvalue weighted by Crippen LogP contribution is -2.51. The van der Waals surface area contributed by atoms with Gasteiger partial charge >= 0.3 is 0 Å². The molecular formula is C20H31N3O3. The van der Waals surface area contributed by atoms with Gasteiger partial charge in [-0.2, -0.15) is 0 Å². The molecule has 0 spiro atoms. The average Bonchev–Trinajstić information content (AvgIpc) is 2.64. The zero-order valence-electron chi connectivity index (χ0n) is 16.5. The molecule has 0 radical (unpaired) electrons. The largest absolute Gasteiger partial charge is 0.496 e. The van der Waals surface area contributed by atoms with E-state index < -0.39 is 0 Å². The predicted molar refractivity (Wildman–Crippen MR) is 102 cm³/mol. The molecule has 6 heteroatoms. The van der Waals surface area contributed by atoms with Gasteiger partial charge in [0.1, 0.15) is 5.75 Å². The van der Waals surface area contributed by atoms with E-state index in [1.807, 2.05) is 48.8 Å². The van der Waals surface area contributed by atoms with Crippen molar-refractivity contribution in [3.8, 4) is 5.75 Å². The highest BCUT2D eigenvalue weighted by Gasteiger charge is 2.23. The van der Waals surface area contributed by atoms with E-state index in [0.717, 1.165) is 43.1 Å². The maximum absolute atomic E-state index is 12.6. The minimum absolute atomic E-state index is 0.130. The van der Waals surface area contributed by atoms with Gasteiger partial charge in [0.05, 0.1) is 20.1 Å². The number of ether oxygens (including phenoxy) is 1. The van der Waals surface area contributed by atoms with Gasteiger partial charge in [0.15, 0.2) is 0 Å². The molecule has 2 rings (SSSR count). The zero-order chi connectivity index (χ0) is 19.1. The van der Waals surface area contributed by atoms with Gasteiger partial charge < -0.3 is 14.5 Å². The van der Waals surface area contributed by atoms with Gasteiger partial charge in [-0.1, -0.05) is 12.1 Å². The van der Waals surface area contributed by atoms with E-state index >= 15 is 0 Å². The second-order valence-corrected chi connectivity index (χ2v) is 6.70. The number of hydrogen-bond donors (Lipinski definition) is 0. The highest BCUT2D eigenvalue weighted by atomic mass is 16.5. The van der Waals surface area contributed by atoms with E-state index in [-0.39, 0.29) is 11.8 Å². The molecule has 1 aromatic rings. The summed E-state index contributed by atoms with van der Waals surface area (Å²) in [5.41, 5.74) is 2.03. The summed E-state index contributed by atoms with van der Waals surface area (Å²) in [7, 11) is 1.65. The average molecular weight is 361 g/mol. The van der Waals surface area contributed by atoms with E-state index in [9.17, 15) is 9.59 Å². The molecule has 1 aliphatic heterocycles. The first kappa shape index (κ1) is 20.2. The van der Waals surface area contributed by atoms with E-state index in [4.69, 9.17) is 4.74 Å². The van der Waals surface area contributed by atoms with Crippen LogP contribution in [0.3, 0.4) is 0 Å². The summed E-state index contributed by atoms with van der Waals surface area (Å²) in [4.78, 5) is 30.7. The maximum atomic E-state index is 12.6. The Labute approximate surface area is 156 Å². The number of benzene rings is 1. The van der Waals surface area contributed by atoms with Crippen LogP contribution >= 0.6 is 0 Å². The second-order valence-electron chi connectivity index (χ2n) is 6.70. The van der Waals surface area contributed by atoms with Crippen LogP contribution in [-0.2, 0) is 16.0 Å². The smallest absolute Gasteiger partial charge is 0.236 e. The van der Waals surface area contributed by atoms with E-state index in [1.54, 1.807) is 7.11 Å². The molecule has 0 N–H and O–H groups in total. The molecule has 0 bridgehead atoms. The number of piperazine rings is 1. The molecule has 26 heavy (non-hydrogen) atoms. The lowest BCUT2D eigenvalue weighted by Gasteiger charge is -2.35. The molecule has 1 aromatic carbocycles. The van der Waals surface area contributed by atoms with Crippen molar-refractivity contribution in [1.82, 2.24) is 14.7 Å². The first-order valence-corrected chi connectivity index (χ1v) is 9.39. The molecule has 0 aromatic heterocycles. The van der Waals surface area contributed by atoms with Gasteiger partial charge in [-0.25, -0.2) is 0 Å². The fourth-order valence-electron chi connectivity index (χ4n) is 3.28. The van der Waals surface area contributed by atoms with Crippen molar-refractivity contribution in [2.75, 3.05) is 52.9 Å². The molecule has 2 amide bonds. The maximum Gasteiger partial charge on any atom is 0.236 e. The van der Waals surface area contributed by atoms with Crippen LogP contribution in [0.15, 0.2) is 18.2 Å². The molecule has 1 heterocycles. The fraction of sp³-hybridized carbons (Fsp3) is 0.600. The Balaban J connectivity index is 1.83. The Kier molecular flexibility index (Phi) is 7.45. The van der Waals surface area contributed by atoms with Gasteiger partial charge in [-0.05, 0) is 38.0 Å². The highest BCUT2D eigenvalue weighted by Crippen LogP contribution is 2.19. The third kappa shape index (κ3) is 5.21. The first-order chi connectivity index (χ1) is 12.5. The van der Waals surface area contributed by atoms with Crippen molar-refractivity contribution in [2.24, 2.45) is 0 Å². The van der Waals surface area contributed by atoms with Crippen molar-refractivity contribution in [1.29, 1.82) is 0 Å². The summed E-state index contributed by atoms with van der Waals surface area (Å²) in [6.45, 7) is 10.8. The number of aryl methyl sites for hydroxylation is 1. The topological polar surface area (TPSA) is 53.1 Å². The Bertz CT molecular complexity index is 621. The number of carbonyl (C=O) groups excluding carboxylic acids is 2. The normalized spacial score (nSPS) is 15.0. The van der Waals surface area contributed by atoms with Gasteiger partial charge in [-0.3, -0.25) is 14.5 Å². The Hall–Kier alpha value is -2.08. The zero-order valence-corrected chi connectivity index (χ0v) is 16.5. The number of methoxy groups -OCH3 is 1. The van der Waals surface area contributed by atoms with Gasteiger partial charge in [0, 0.05) is 39.3 Å². The number of likely N-dealkylation sites (N-methyl/N-ethyl adjacent to an activating group) is 1. The molecule has 0 atom stereocenters. The van der Waals surface area contributed by atoms with Crippen LogP contribution in [0, 0.1) is 6.92 Å². The standard InChI is InChI=1S/C20H31N3O3/c1-5-22(6-2)20(25)15-21-9-11-23(12-10-21)19(24)14-17-8-7-16(3)18(13-17)26-4/h7-8,13H,5-6,9-12,14-15H2,1-4H3. The molecule has 1 saturated heterocycles. The van der Waals surface area contributed by atoms with Crippen LogP contribution in [0.4, 0.5) is 0 Å². The number of amides is 2. The number of carbonyl (C=O) groups is 2. The molecule has 6 nitrogen and oxygen atoms in total. The molecule has 0 unspecified atom stereocenters. The summed E-state index contributed by atoms with van der Waals surface area (Å²) >= 11 is 0. The monoisotopic (exact) mass is 361 g/mol. The van der Waals surface area contributed by atoms with Crippen molar-refractivity contribution >= 4 is 11.8 Å². The van der Waals surface area contributed by atoms with E-state index in [1.165, 1.54) is 0 Å². The molecule has 144 valence electrons. The van der Waals surface area contributed by atoms with Crippen LogP contribution < -0.4 is 4.74 Å². The summed E-state index contributed by atoms with van der Waals surface area (Å²) in [6, 6.07) is 5.90. The number of rotatable bonds is 7. The SMILES string of the molecule is CCN(CC)C(=O)CN1CCN(C(=O)Cc2ccc(C)c(OC)c2)CC1. The fourth-order valence-corrected chi connectivity index (χ4v) is 3.28. The quantitative estimate of drug-likeness (QED) is 0.740. The number of nitrogens with zero attached hydrogens (tertiary/aromatic N) is 3. The van der Waals surface area contributed by atoms with Crippen LogP contribution in [0.25, 0.3) is 0 Å². The van der Waals surface area contributed by atoms with Crippen molar-refractivity contribution in [3.05, 3.63) is 29.3 Å². The van der Waals surface area contributed by atoms with Crippen LogP contribution in [0.5, 0.6) is 5.75 Å². The Morgan fingerprint density at radius 1 is 1.12 bits per heavy atom. The van der Waals surface area contributed by atoms with E-state index in [2.05, 4.69) is 4.90 Å². The molecule has 0 saturated carbocycles. The second kappa shape index (κ2) is 9.57. The summed E-state index contributed by atoms with van der Waals surface area (Å²) in [5.74, 6) is 1.11. The third-order valence-electron chi connectivity index (χ3n) is 5.03. The lowest BCUT2D eigenvalue weighted by atomic mass is 10.1. The predicted octanol–water partition coefficient (Wildman–Crippen LogP) is 1.56. The Morgan fingerprint density at radius 3 is 2.35 bits per heavy atom. The highest BCUT2D eigenvalue weighted by molar-refractivity contribution is 5.79. The molecule has 1 aliphatic rings. The minimum atomic E-state index is 0.130. The van der Waals surface area contributed by atoms with Crippen LogP contribution in [0.1, 0.15) is 25.0 Å². The first-order valence-electron chi connectivity index (χ1n) is 9.39. The third-order valence-corrected chi connectivity index (χ3v) is 5.03. The molecule has 0 aliphatic carbocycles. The Morgan fingerprint density at radius 2 is 1.77 bits per heavy atom. The van der Waals surface area contributed by atoms with Crippen molar-refractivity contribution in [3.63, 3.8) is 0 Å². The van der Waals surface area contributed by atoms with Crippen molar-refractivity contribution in [2.45, 2.75) is 27.2 Å². The molecule has 1 fully saturated rings. The number of hydrogen-bond acceptors (Lipinski definition) is 4. The van der Waals surface area contributed by atoms with Crippen LogP contribution in [-0.4, -0.2) is 79.4 Å². The van der Waals surface area contributed by atoms with Crippen LogP contribution in [0.2, 0.25) is 0 Å². The van der Waals surface area contributed by atoms with Crippen molar-refractivity contribution < 1.29 is 14.3 Å². The summed E-state index contributed by atoms with van der Waals surface area (Å²) in [5, 5.41) is 0. The molecular weight excluding hydrogens is 330 g/mol. The summed E-state index contributed by atoms with van der Waals surface area (Å²) < 4.78 is 5.33. The van der Waals surface area contributed by atoms with Gasteiger partial charge in [0.2, 0.25) is 11.8 Å². The van der Waals surface area contributed by atoms with E-state index in [0.29, 0.717) is 26.1 Å². The minimum Gasteiger partial charge on any atom is -0.496 e. The summed E-state index contributed by atoms with van der Waals surface area (Å²) in [6.07, 6.45) is 0.384. The lowest BCUT2D eigenvalue weighted by molar-refractivity contribution is -0.134. The van der Waals surface area contributed by atoms with Gasteiger partial charge in [-0.15, -0.1) is 0 Å². The van der Waals surface area contributed by atoms with Gasteiger partial charge in [0.25, 0.3) is 0 Å².